The normalized spacial score (nSPS) is 39.2. The van der Waals surface area contributed by atoms with Gasteiger partial charge in [-0.05, 0) is 60.2 Å². The van der Waals surface area contributed by atoms with Crippen molar-refractivity contribution in [3.05, 3.63) is 0 Å². The molecule has 0 radical (unpaired) electrons. The van der Waals surface area contributed by atoms with Crippen molar-refractivity contribution < 1.29 is 0 Å². The summed E-state index contributed by atoms with van der Waals surface area (Å²) >= 11 is 0. The molecule has 1 saturated carbocycles. The lowest BCUT2D eigenvalue weighted by Crippen LogP contribution is -2.30. The van der Waals surface area contributed by atoms with Gasteiger partial charge in [-0.1, -0.05) is 61.8 Å². The van der Waals surface area contributed by atoms with Crippen LogP contribution in [0.15, 0.2) is 0 Å². The van der Waals surface area contributed by atoms with Crippen molar-refractivity contribution in [2.45, 2.75) is 93.9 Å². The molecule has 0 aromatic rings. The van der Waals surface area contributed by atoms with Gasteiger partial charge in [0.1, 0.15) is 0 Å². The Kier molecular flexibility index (Phi) is 5.19. The standard InChI is InChI=1S/C19H38/c1-9-10-19(8)12-15(2)11-17(4,5)14-18(6,7)13-16(19)3/h15-16H,9-14H2,1-8H3. The zero-order chi connectivity index (χ0) is 14.9. The van der Waals surface area contributed by atoms with Crippen LogP contribution < -0.4 is 0 Å². The lowest BCUT2D eigenvalue weighted by molar-refractivity contribution is 0.101. The molecule has 0 aromatic carbocycles. The third-order valence-electron chi connectivity index (χ3n) is 5.54. The van der Waals surface area contributed by atoms with Crippen molar-refractivity contribution in [1.82, 2.24) is 0 Å². The molecule has 0 heterocycles. The summed E-state index contributed by atoms with van der Waals surface area (Å²) in [5, 5.41) is 0. The van der Waals surface area contributed by atoms with Gasteiger partial charge in [0.15, 0.2) is 0 Å². The van der Waals surface area contributed by atoms with Gasteiger partial charge in [-0.2, -0.15) is 0 Å². The molecule has 0 amide bonds. The van der Waals surface area contributed by atoms with E-state index in [9.17, 15) is 0 Å². The molecule has 0 nitrogen and oxygen atoms in total. The highest BCUT2D eigenvalue weighted by Gasteiger charge is 2.40. The molecular weight excluding hydrogens is 228 g/mol. The monoisotopic (exact) mass is 266 g/mol. The van der Waals surface area contributed by atoms with Gasteiger partial charge in [0, 0.05) is 0 Å². The fourth-order valence-electron chi connectivity index (χ4n) is 5.45. The van der Waals surface area contributed by atoms with E-state index < -0.39 is 0 Å². The van der Waals surface area contributed by atoms with Crippen molar-refractivity contribution in [2.75, 3.05) is 0 Å². The minimum atomic E-state index is 0.488. The maximum absolute atomic E-state index is 2.56. The summed E-state index contributed by atoms with van der Waals surface area (Å²) in [6.45, 7) is 19.9. The van der Waals surface area contributed by atoms with Crippen LogP contribution in [0.25, 0.3) is 0 Å². The Labute approximate surface area is 122 Å². The smallest absolute Gasteiger partial charge is 0.0298 e. The highest BCUT2D eigenvalue weighted by atomic mass is 14.5. The predicted molar refractivity (Wildman–Crippen MR) is 87.4 cm³/mol. The van der Waals surface area contributed by atoms with Crippen molar-refractivity contribution in [3.8, 4) is 0 Å². The van der Waals surface area contributed by atoms with Crippen LogP contribution in [0.3, 0.4) is 0 Å². The molecule has 0 aliphatic heterocycles. The van der Waals surface area contributed by atoms with Gasteiger partial charge < -0.3 is 0 Å². The zero-order valence-corrected chi connectivity index (χ0v) is 14.9. The molecule has 3 unspecified atom stereocenters. The van der Waals surface area contributed by atoms with E-state index in [2.05, 4.69) is 55.4 Å². The molecule has 0 aromatic heterocycles. The average molecular weight is 267 g/mol. The maximum Gasteiger partial charge on any atom is -0.0298 e. The highest BCUT2D eigenvalue weighted by molar-refractivity contribution is 4.91. The number of hydrogen-bond acceptors (Lipinski definition) is 0. The van der Waals surface area contributed by atoms with Gasteiger partial charge in [0.25, 0.3) is 0 Å². The summed E-state index contributed by atoms with van der Waals surface area (Å²) in [7, 11) is 0. The molecule has 114 valence electrons. The van der Waals surface area contributed by atoms with Gasteiger partial charge in [-0.3, -0.25) is 0 Å². The molecule has 0 saturated heterocycles. The first-order valence-electron chi connectivity index (χ1n) is 8.50. The predicted octanol–water partition coefficient (Wildman–Crippen LogP) is 6.69. The average Bonchev–Trinajstić information content (AvgIpc) is 2.13. The van der Waals surface area contributed by atoms with Crippen LogP contribution in [0.1, 0.15) is 93.9 Å². The molecular formula is C19H38. The van der Waals surface area contributed by atoms with E-state index in [0.717, 1.165) is 11.8 Å². The summed E-state index contributed by atoms with van der Waals surface area (Å²) in [5.41, 5.74) is 1.54. The molecule has 19 heavy (non-hydrogen) atoms. The quantitative estimate of drug-likeness (QED) is 0.522. The Balaban J connectivity index is 3.02. The van der Waals surface area contributed by atoms with E-state index in [1.807, 2.05) is 0 Å². The van der Waals surface area contributed by atoms with Crippen LogP contribution in [-0.4, -0.2) is 0 Å². The maximum atomic E-state index is 2.56. The Morgan fingerprint density at radius 1 is 0.842 bits per heavy atom. The van der Waals surface area contributed by atoms with Crippen LogP contribution in [0.5, 0.6) is 0 Å². The Bertz CT molecular complexity index is 286. The molecule has 1 rings (SSSR count). The molecule has 0 N–H and O–H groups in total. The van der Waals surface area contributed by atoms with Crippen LogP contribution in [0.4, 0.5) is 0 Å². The summed E-state index contributed by atoms with van der Waals surface area (Å²) in [6.07, 6.45) is 8.30. The molecule has 0 bridgehead atoms. The highest BCUT2D eigenvalue weighted by Crippen LogP contribution is 2.51. The Morgan fingerprint density at radius 2 is 1.37 bits per heavy atom. The van der Waals surface area contributed by atoms with Crippen LogP contribution in [0, 0.1) is 28.1 Å². The summed E-state index contributed by atoms with van der Waals surface area (Å²) in [6, 6.07) is 0. The number of hydrogen-bond donors (Lipinski definition) is 0. The molecule has 0 heteroatoms. The minimum Gasteiger partial charge on any atom is -0.0654 e. The lowest BCUT2D eigenvalue weighted by atomic mass is 9.65. The van der Waals surface area contributed by atoms with Gasteiger partial charge in [-0.15, -0.1) is 0 Å². The molecule has 1 aliphatic carbocycles. The SMILES string of the molecule is CCCC1(C)CC(C)CC(C)(C)CC(C)(C)CC1C. The van der Waals surface area contributed by atoms with Crippen LogP contribution in [0.2, 0.25) is 0 Å². The number of rotatable bonds is 2. The fraction of sp³-hybridized carbons (Fsp3) is 1.00. The lowest BCUT2D eigenvalue weighted by Gasteiger charge is -2.40. The largest absolute Gasteiger partial charge is 0.0654 e. The fourth-order valence-corrected chi connectivity index (χ4v) is 5.45. The third-order valence-corrected chi connectivity index (χ3v) is 5.54. The van der Waals surface area contributed by atoms with E-state index in [-0.39, 0.29) is 0 Å². The van der Waals surface area contributed by atoms with E-state index in [4.69, 9.17) is 0 Å². The van der Waals surface area contributed by atoms with Gasteiger partial charge >= 0.3 is 0 Å². The third kappa shape index (κ3) is 4.80. The summed E-state index contributed by atoms with van der Waals surface area (Å²) in [5.74, 6) is 1.71. The van der Waals surface area contributed by atoms with E-state index in [1.165, 1.54) is 38.5 Å². The Hall–Kier alpha value is 0. The second-order valence-electron chi connectivity index (χ2n) is 9.53. The van der Waals surface area contributed by atoms with Crippen LogP contribution in [-0.2, 0) is 0 Å². The first-order chi connectivity index (χ1) is 8.50. The Morgan fingerprint density at radius 3 is 1.89 bits per heavy atom. The molecule has 1 fully saturated rings. The van der Waals surface area contributed by atoms with Crippen molar-refractivity contribution in [3.63, 3.8) is 0 Å². The van der Waals surface area contributed by atoms with E-state index >= 15 is 0 Å². The topological polar surface area (TPSA) is 0 Å². The van der Waals surface area contributed by atoms with Crippen LogP contribution >= 0.6 is 0 Å². The molecule has 3 atom stereocenters. The first-order valence-corrected chi connectivity index (χ1v) is 8.50. The van der Waals surface area contributed by atoms with Crippen molar-refractivity contribution >= 4 is 0 Å². The van der Waals surface area contributed by atoms with E-state index in [1.54, 1.807) is 0 Å². The molecule has 1 aliphatic rings. The molecule has 0 spiro atoms. The second-order valence-corrected chi connectivity index (χ2v) is 9.53. The summed E-state index contributed by atoms with van der Waals surface area (Å²) < 4.78 is 0. The van der Waals surface area contributed by atoms with Crippen molar-refractivity contribution in [1.29, 1.82) is 0 Å². The van der Waals surface area contributed by atoms with E-state index in [0.29, 0.717) is 16.2 Å². The first kappa shape index (κ1) is 17.1. The zero-order valence-electron chi connectivity index (χ0n) is 14.9. The van der Waals surface area contributed by atoms with Gasteiger partial charge in [0.2, 0.25) is 0 Å². The van der Waals surface area contributed by atoms with Crippen molar-refractivity contribution in [2.24, 2.45) is 28.1 Å². The second kappa shape index (κ2) is 5.78. The summed E-state index contributed by atoms with van der Waals surface area (Å²) in [4.78, 5) is 0. The van der Waals surface area contributed by atoms with Gasteiger partial charge in [0.05, 0.1) is 0 Å². The van der Waals surface area contributed by atoms with Gasteiger partial charge in [-0.25, -0.2) is 0 Å². The minimum absolute atomic E-state index is 0.488.